The number of H-pyrrole nitrogens is 1. The van der Waals surface area contributed by atoms with Crippen molar-refractivity contribution in [2.75, 3.05) is 26.0 Å². The van der Waals surface area contributed by atoms with Gasteiger partial charge in [-0.15, -0.1) is 0 Å². The zero-order valence-electron chi connectivity index (χ0n) is 21.5. The Morgan fingerprint density at radius 1 is 1.11 bits per heavy atom. The van der Waals surface area contributed by atoms with Gasteiger partial charge in [0.15, 0.2) is 0 Å². The average Bonchev–Trinajstić information content (AvgIpc) is 3.61. The topological polar surface area (TPSA) is 96.7 Å². The lowest BCUT2D eigenvalue weighted by molar-refractivity contribution is -0.111. The van der Waals surface area contributed by atoms with E-state index < -0.39 is 0 Å². The summed E-state index contributed by atoms with van der Waals surface area (Å²) in [5.74, 6) is -0.248. The first kappa shape index (κ1) is 24.2. The summed E-state index contributed by atoms with van der Waals surface area (Å²) in [5, 5.41) is 12.8. The Bertz CT molecular complexity index is 1620. The molecular formula is C28H34N8O. The molecule has 0 bridgehead atoms. The minimum absolute atomic E-state index is 0. The standard InChI is InChI=1S/C28H30N8O.2H2/c1-6-25(37)32-24-12-19(8-7-18(24)2)26-23-11-20(21-14-31-36(17-21)10-9-34(3)4)13-29-28(23)33-27(26)22-15-30-35(5)16-22;;/h6-8,11-17H,1,9-10H2,2-5H3,(H,29,33)(H,32,37);2*1H. The lowest BCUT2D eigenvalue weighted by Crippen LogP contribution is -2.18. The van der Waals surface area contributed by atoms with E-state index in [2.05, 4.69) is 64.4 Å². The number of hydrogen-bond donors (Lipinski definition) is 2. The second kappa shape index (κ2) is 9.87. The molecule has 0 fully saturated rings. The molecule has 2 N–H and O–H groups in total. The molecule has 9 nitrogen and oxygen atoms in total. The minimum atomic E-state index is -0.248. The highest BCUT2D eigenvalue weighted by Gasteiger charge is 2.19. The van der Waals surface area contributed by atoms with Gasteiger partial charge in [0.2, 0.25) is 5.91 Å². The number of rotatable bonds is 8. The molecule has 0 aliphatic heterocycles. The van der Waals surface area contributed by atoms with Crippen LogP contribution in [0, 0.1) is 6.92 Å². The van der Waals surface area contributed by atoms with Crippen LogP contribution in [0.5, 0.6) is 0 Å². The van der Waals surface area contributed by atoms with Gasteiger partial charge in [-0.05, 0) is 50.4 Å². The summed E-state index contributed by atoms with van der Waals surface area (Å²) >= 11 is 0. The molecule has 0 spiro atoms. The molecule has 4 aromatic heterocycles. The summed E-state index contributed by atoms with van der Waals surface area (Å²) in [7, 11) is 5.99. The normalized spacial score (nSPS) is 11.4. The fourth-order valence-electron chi connectivity index (χ4n) is 4.33. The van der Waals surface area contributed by atoms with Gasteiger partial charge in [-0.2, -0.15) is 10.2 Å². The van der Waals surface area contributed by atoms with Gasteiger partial charge in [-0.1, -0.05) is 18.7 Å². The van der Waals surface area contributed by atoms with E-state index in [4.69, 9.17) is 4.98 Å². The molecule has 5 aromatic rings. The SMILES string of the molecule is C=CC(=O)Nc1cc(-c2c(-c3cnn(C)c3)[nH]c3ncc(-c4cnn(CCN(C)C)c4)cc23)ccc1C.[HH].[HH]. The van der Waals surface area contributed by atoms with Crippen LogP contribution < -0.4 is 5.32 Å². The fraction of sp³-hybridized carbons (Fsp3) is 0.214. The third-order valence-electron chi connectivity index (χ3n) is 6.36. The van der Waals surface area contributed by atoms with E-state index in [1.54, 1.807) is 4.68 Å². The van der Waals surface area contributed by atoms with Gasteiger partial charge in [0.1, 0.15) is 5.65 Å². The number of fused-ring (bicyclic) bond motifs is 1. The molecule has 0 aliphatic rings. The van der Waals surface area contributed by atoms with Crippen molar-refractivity contribution in [3.63, 3.8) is 0 Å². The van der Waals surface area contributed by atoms with Gasteiger partial charge in [0.05, 0.1) is 24.6 Å². The highest BCUT2D eigenvalue weighted by Crippen LogP contribution is 2.40. The number of carbonyl (C=O) groups excluding carboxylic acids is 1. The zero-order chi connectivity index (χ0) is 26.1. The second-order valence-electron chi connectivity index (χ2n) is 9.42. The summed E-state index contributed by atoms with van der Waals surface area (Å²) in [6.07, 6.45) is 10.9. The van der Waals surface area contributed by atoms with Crippen LogP contribution in [0.15, 0.2) is 67.9 Å². The number of anilines is 1. The molecule has 1 amide bonds. The van der Waals surface area contributed by atoms with Crippen LogP contribution in [-0.2, 0) is 18.4 Å². The van der Waals surface area contributed by atoms with Crippen molar-refractivity contribution >= 4 is 22.6 Å². The van der Waals surface area contributed by atoms with E-state index in [0.717, 1.165) is 68.9 Å². The van der Waals surface area contributed by atoms with Gasteiger partial charge in [0, 0.05) is 68.4 Å². The molecule has 0 radical (unpaired) electrons. The predicted molar refractivity (Wildman–Crippen MR) is 151 cm³/mol. The van der Waals surface area contributed by atoms with Crippen molar-refractivity contribution in [3.05, 3.63) is 73.5 Å². The van der Waals surface area contributed by atoms with E-state index >= 15 is 0 Å². The number of likely N-dealkylation sites (N-methyl/N-ethyl adjacent to an activating group) is 1. The number of carbonyl (C=O) groups is 1. The van der Waals surface area contributed by atoms with E-state index in [0.29, 0.717) is 0 Å². The summed E-state index contributed by atoms with van der Waals surface area (Å²) in [6, 6.07) is 8.20. The Kier molecular flexibility index (Phi) is 6.45. The van der Waals surface area contributed by atoms with Crippen LogP contribution >= 0.6 is 0 Å². The maximum absolute atomic E-state index is 12.1. The molecule has 37 heavy (non-hydrogen) atoms. The average molecular weight is 499 g/mol. The van der Waals surface area contributed by atoms with Crippen LogP contribution in [0.25, 0.3) is 44.5 Å². The number of pyridine rings is 1. The van der Waals surface area contributed by atoms with Gasteiger partial charge in [-0.3, -0.25) is 14.2 Å². The first-order valence-corrected chi connectivity index (χ1v) is 12.0. The molecule has 0 aliphatic carbocycles. The third-order valence-corrected chi connectivity index (χ3v) is 6.36. The van der Waals surface area contributed by atoms with Crippen molar-refractivity contribution in [2.45, 2.75) is 13.5 Å². The Balaban J connectivity index is 0.00000210. The van der Waals surface area contributed by atoms with Crippen molar-refractivity contribution in [1.82, 2.24) is 34.4 Å². The summed E-state index contributed by atoms with van der Waals surface area (Å²) in [5.41, 5.74) is 8.27. The number of benzene rings is 1. The fourth-order valence-corrected chi connectivity index (χ4v) is 4.33. The Morgan fingerprint density at radius 3 is 2.65 bits per heavy atom. The number of nitrogens with zero attached hydrogens (tertiary/aromatic N) is 6. The van der Waals surface area contributed by atoms with Crippen LogP contribution in [-0.4, -0.2) is 61.0 Å². The molecule has 9 heteroatoms. The molecule has 1 aromatic carbocycles. The largest absolute Gasteiger partial charge is 0.339 e. The number of aromatic nitrogens is 6. The Morgan fingerprint density at radius 2 is 1.92 bits per heavy atom. The highest BCUT2D eigenvalue weighted by atomic mass is 16.1. The molecule has 0 unspecified atom stereocenters. The van der Waals surface area contributed by atoms with Crippen LogP contribution in [0.2, 0.25) is 0 Å². The number of hydrogen-bond acceptors (Lipinski definition) is 5. The summed E-state index contributed by atoms with van der Waals surface area (Å²) < 4.78 is 3.73. The maximum Gasteiger partial charge on any atom is 0.247 e. The first-order valence-electron chi connectivity index (χ1n) is 12.0. The number of amides is 1. The molecule has 0 saturated heterocycles. The highest BCUT2D eigenvalue weighted by molar-refractivity contribution is 6.05. The predicted octanol–water partition coefficient (Wildman–Crippen LogP) is 4.98. The number of aryl methyl sites for hydroxylation is 2. The van der Waals surface area contributed by atoms with Crippen molar-refractivity contribution in [2.24, 2.45) is 7.05 Å². The molecule has 0 saturated carbocycles. The number of aromatic amines is 1. The van der Waals surface area contributed by atoms with Gasteiger partial charge < -0.3 is 15.2 Å². The van der Waals surface area contributed by atoms with E-state index in [-0.39, 0.29) is 8.76 Å². The second-order valence-corrected chi connectivity index (χ2v) is 9.42. The number of nitrogens with one attached hydrogen (secondary N) is 2. The van der Waals surface area contributed by atoms with Gasteiger partial charge in [0.25, 0.3) is 0 Å². The Labute approximate surface area is 218 Å². The van der Waals surface area contributed by atoms with E-state index in [9.17, 15) is 4.79 Å². The van der Waals surface area contributed by atoms with Crippen LogP contribution in [0.3, 0.4) is 0 Å². The Hall–Kier alpha value is -4.50. The van der Waals surface area contributed by atoms with Crippen LogP contribution in [0.1, 0.15) is 8.42 Å². The van der Waals surface area contributed by atoms with Gasteiger partial charge in [-0.25, -0.2) is 4.98 Å². The van der Waals surface area contributed by atoms with E-state index in [1.165, 1.54) is 6.08 Å². The summed E-state index contributed by atoms with van der Waals surface area (Å²) in [6.45, 7) is 7.26. The first-order chi connectivity index (χ1) is 17.8. The minimum Gasteiger partial charge on any atom is -0.339 e. The van der Waals surface area contributed by atoms with E-state index in [1.807, 2.05) is 55.6 Å². The van der Waals surface area contributed by atoms with Crippen LogP contribution in [0.4, 0.5) is 5.69 Å². The molecule has 5 rings (SSSR count). The quantitative estimate of drug-likeness (QED) is 0.294. The zero-order valence-corrected chi connectivity index (χ0v) is 21.5. The van der Waals surface area contributed by atoms with Crippen molar-refractivity contribution < 1.29 is 7.65 Å². The molecule has 192 valence electrons. The summed E-state index contributed by atoms with van der Waals surface area (Å²) in [4.78, 5) is 22.5. The monoisotopic (exact) mass is 498 g/mol. The van der Waals surface area contributed by atoms with Gasteiger partial charge >= 0.3 is 0 Å². The third kappa shape index (κ3) is 4.94. The molecule has 4 heterocycles. The molecule has 0 atom stereocenters. The molecular weight excluding hydrogens is 464 g/mol. The maximum atomic E-state index is 12.1. The smallest absolute Gasteiger partial charge is 0.247 e. The lowest BCUT2D eigenvalue weighted by Gasteiger charge is -2.11. The van der Waals surface area contributed by atoms with Crippen molar-refractivity contribution in [1.29, 1.82) is 0 Å². The lowest BCUT2D eigenvalue weighted by atomic mass is 9.97. The van der Waals surface area contributed by atoms with Crippen molar-refractivity contribution in [3.8, 4) is 33.5 Å².